The fraction of sp³-hybridized carbons (Fsp3) is 0.538. The second-order valence-electron chi connectivity index (χ2n) is 13.7. The number of hydrogen-bond donors (Lipinski definition) is 7. The van der Waals surface area contributed by atoms with Gasteiger partial charge < -0.3 is 87.9 Å². The fourth-order valence-corrected chi connectivity index (χ4v) is 7.62. The second-order valence-corrected chi connectivity index (χ2v) is 13.7. The Labute approximate surface area is 328 Å². The maximum Gasteiger partial charge on any atom is 0.204 e. The molecule has 0 aromatic heterocycles. The molecule has 18 nitrogen and oxygen atoms in total. The maximum absolute atomic E-state index is 10.9. The molecule has 0 saturated carbocycles. The molecule has 0 spiro atoms. The number of benzene rings is 3. The lowest BCUT2D eigenvalue weighted by atomic mass is 9.84. The Bertz CT molecular complexity index is 1760. The molecule has 0 amide bonds. The monoisotopic (exact) mass is 806 g/mol. The van der Waals surface area contributed by atoms with Crippen LogP contribution in [-0.4, -0.2) is 142 Å². The minimum atomic E-state index is -1.80. The zero-order valence-electron chi connectivity index (χ0n) is 32.3. The molecule has 7 N–H and O–H groups in total. The predicted molar refractivity (Wildman–Crippen MR) is 195 cm³/mol. The van der Waals surface area contributed by atoms with Crippen molar-refractivity contribution in [1.82, 2.24) is 0 Å². The molecule has 0 unspecified atom stereocenters. The van der Waals surface area contributed by atoms with Gasteiger partial charge in [0.05, 0.1) is 81.3 Å². The molecule has 3 heterocycles. The van der Waals surface area contributed by atoms with E-state index < -0.39 is 62.2 Å². The van der Waals surface area contributed by atoms with Crippen LogP contribution in [0.5, 0.6) is 51.7 Å². The number of aliphatic hydroxyl groups is 5. The Kier molecular flexibility index (Phi) is 13.3. The van der Waals surface area contributed by atoms with Crippen molar-refractivity contribution in [2.24, 2.45) is 11.8 Å². The first-order valence-corrected chi connectivity index (χ1v) is 18.1. The van der Waals surface area contributed by atoms with Crippen LogP contribution >= 0.6 is 0 Å². The Balaban J connectivity index is 1.33. The molecular formula is C39H50O18. The van der Waals surface area contributed by atoms with Crippen molar-refractivity contribution in [3.63, 3.8) is 0 Å². The molecule has 314 valence electrons. The number of aliphatic hydroxyl groups excluding tert-OH is 5. The Morgan fingerprint density at radius 3 is 1.47 bits per heavy atom. The molecule has 6 rings (SSSR count). The lowest BCUT2D eigenvalue weighted by Crippen LogP contribution is -2.59. The molecule has 0 bridgehead atoms. The van der Waals surface area contributed by atoms with Gasteiger partial charge in [0.15, 0.2) is 46.9 Å². The Morgan fingerprint density at radius 1 is 0.614 bits per heavy atom. The zero-order chi connectivity index (χ0) is 41.1. The van der Waals surface area contributed by atoms with E-state index in [0.717, 1.165) is 5.56 Å². The smallest absolute Gasteiger partial charge is 0.204 e. The first-order chi connectivity index (χ1) is 27.5. The van der Waals surface area contributed by atoms with Gasteiger partial charge >= 0.3 is 0 Å². The summed E-state index contributed by atoms with van der Waals surface area (Å²) in [5.41, 5.74) is 1.66. The molecule has 3 saturated heterocycles. The van der Waals surface area contributed by atoms with Crippen molar-refractivity contribution < 1.29 is 87.9 Å². The summed E-state index contributed by atoms with van der Waals surface area (Å²) in [7, 11) is 8.40. The Morgan fingerprint density at radius 2 is 1.05 bits per heavy atom. The van der Waals surface area contributed by atoms with Crippen LogP contribution in [0, 0.1) is 11.8 Å². The Hall–Kier alpha value is -4.50. The lowest BCUT2D eigenvalue weighted by Gasteiger charge is -2.41. The summed E-state index contributed by atoms with van der Waals surface area (Å²) in [5.74, 6) is 0.303. The predicted octanol–water partition coefficient (Wildman–Crippen LogP) is 1.52. The third-order valence-corrected chi connectivity index (χ3v) is 10.7. The van der Waals surface area contributed by atoms with Crippen molar-refractivity contribution in [2.75, 3.05) is 69.1 Å². The zero-order valence-corrected chi connectivity index (χ0v) is 32.3. The summed E-state index contributed by atoms with van der Waals surface area (Å²) in [6, 6.07) is 9.66. The normalized spacial score (nSPS) is 27.9. The summed E-state index contributed by atoms with van der Waals surface area (Å²) in [6.45, 7) is -0.714. The van der Waals surface area contributed by atoms with E-state index in [2.05, 4.69) is 0 Å². The summed E-state index contributed by atoms with van der Waals surface area (Å²) in [4.78, 5) is 0. The highest BCUT2D eigenvalue weighted by Crippen LogP contribution is 2.54. The average Bonchev–Trinajstić information content (AvgIpc) is 3.85. The van der Waals surface area contributed by atoms with Crippen LogP contribution < -0.4 is 33.2 Å². The van der Waals surface area contributed by atoms with Crippen LogP contribution in [0.1, 0.15) is 35.0 Å². The van der Waals surface area contributed by atoms with Gasteiger partial charge in [0.2, 0.25) is 17.2 Å². The highest BCUT2D eigenvalue weighted by atomic mass is 16.7. The van der Waals surface area contributed by atoms with Gasteiger partial charge in [0.1, 0.15) is 30.5 Å². The standard InChI is InChI=1S/C39H50O18/c1-47-22-7-17(8-23(48-2)30(22)42)35-20-15-54-36(21(20)16-53-35)18-11-26(51-5)38(27(12-18)52-6)55-29(14-41)37(19-9-24(49-3)31(43)25(10-19)50-4)57-39-34(46)33(45)32(44)28(13-40)56-39/h7-12,20-21,28-29,32-37,39-46H,13-16H2,1-6H3/t20-,21-,28-,29-,32-,33+,34-,35+,36+,37+,39+/m1/s1. The van der Waals surface area contributed by atoms with Crippen molar-refractivity contribution in [1.29, 1.82) is 0 Å². The SMILES string of the molecule is COc1cc([C@@H]2OC[C@@H]3[C@H]2CO[C@H]3c2cc(OC)c(O[C@H](CO)[C@@H](O[C@@H]3O[C@H](CO)[C@@H](O)[C@H](O)[C@H]3O)c3cc(OC)c(O)c(OC)c3)c(OC)c2)cc(OC)c1O. The van der Waals surface area contributed by atoms with Crippen LogP contribution in [-0.2, 0) is 18.9 Å². The maximum atomic E-state index is 10.9. The minimum absolute atomic E-state index is 0.0281. The molecule has 18 heteroatoms. The molecule has 3 aliphatic heterocycles. The first-order valence-electron chi connectivity index (χ1n) is 18.1. The van der Waals surface area contributed by atoms with Crippen LogP contribution in [0.2, 0.25) is 0 Å². The molecule has 0 radical (unpaired) electrons. The third kappa shape index (κ3) is 8.01. The number of ether oxygens (including phenoxy) is 11. The van der Waals surface area contributed by atoms with E-state index in [-0.39, 0.29) is 75.2 Å². The minimum Gasteiger partial charge on any atom is -0.502 e. The number of phenolic OH excluding ortho intramolecular Hbond substituents is 2. The van der Waals surface area contributed by atoms with Crippen molar-refractivity contribution in [3.8, 4) is 51.7 Å². The number of rotatable bonds is 16. The van der Waals surface area contributed by atoms with Gasteiger partial charge in [0, 0.05) is 11.8 Å². The van der Waals surface area contributed by atoms with Gasteiger partial charge in [-0.1, -0.05) is 0 Å². The third-order valence-electron chi connectivity index (χ3n) is 10.7. The molecule has 3 aromatic rings. The van der Waals surface area contributed by atoms with E-state index in [1.807, 2.05) is 0 Å². The lowest BCUT2D eigenvalue weighted by molar-refractivity contribution is -0.318. The van der Waals surface area contributed by atoms with Crippen LogP contribution in [0.4, 0.5) is 0 Å². The van der Waals surface area contributed by atoms with Crippen LogP contribution in [0.15, 0.2) is 36.4 Å². The van der Waals surface area contributed by atoms with E-state index in [4.69, 9.17) is 52.1 Å². The van der Waals surface area contributed by atoms with E-state index >= 15 is 0 Å². The van der Waals surface area contributed by atoms with E-state index in [0.29, 0.717) is 18.8 Å². The fourth-order valence-electron chi connectivity index (χ4n) is 7.62. The number of aromatic hydroxyl groups is 2. The first kappa shape index (κ1) is 42.1. The van der Waals surface area contributed by atoms with E-state index in [9.17, 15) is 35.7 Å². The van der Waals surface area contributed by atoms with Gasteiger partial charge in [-0.15, -0.1) is 0 Å². The van der Waals surface area contributed by atoms with Gasteiger partial charge in [-0.25, -0.2) is 0 Å². The van der Waals surface area contributed by atoms with Crippen molar-refractivity contribution >= 4 is 0 Å². The number of hydrogen-bond acceptors (Lipinski definition) is 18. The van der Waals surface area contributed by atoms with Gasteiger partial charge in [0.25, 0.3) is 0 Å². The van der Waals surface area contributed by atoms with Gasteiger partial charge in [-0.05, 0) is 53.1 Å². The molecule has 11 atom stereocenters. The molecular weight excluding hydrogens is 756 g/mol. The largest absolute Gasteiger partial charge is 0.502 e. The van der Waals surface area contributed by atoms with Crippen LogP contribution in [0.3, 0.4) is 0 Å². The van der Waals surface area contributed by atoms with E-state index in [1.165, 1.54) is 54.8 Å². The van der Waals surface area contributed by atoms with Crippen molar-refractivity contribution in [3.05, 3.63) is 53.1 Å². The quantitative estimate of drug-likeness (QED) is 0.109. The summed E-state index contributed by atoms with van der Waals surface area (Å²) in [5, 5.41) is 73.6. The summed E-state index contributed by atoms with van der Waals surface area (Å²) in [6.07, 6.45) is -11.7. The van der Waals surface area contributed by atoms with E-state index in [1.54, 1.807) is 24.3 Å². The highest BCUT2D eigenvalue weighted by molar-refractivity contribution is 5.56. The number of methoxy groups -OCH3 is 6. The molecule has 3 aromatic carbocycles. The van der Waals surface area contributed by atoms with Crippen molar-refractivity contribution in [2.45, 2.75) is 55.1 Å². The second kappa shape index (κ2) is 18.0. The highest BCUT2D eigenvalue weighted by Gasteiger charge is 2.49. The van der Waals surface area contributed by atoms with Crippen LogP contribution in [0.25, 0.3) is 0 Å². The molecule has 3 fully saturated rings. The topological polar surface area (TPSA) is 243 Å². The number of phenols is 2. The molecule has 3 aliphatic rings. The average molecular weight is 807 g/mol. The molecule has 0 aliphatic carbocycles. The summed E-state index contributed by atoms with van der Waals surface area (Å²) < 4.78 is 64.0. The molecule has 57 heavy (non-hydrogen) atoms. The number of fused-ring (bicyclic) bond motifs is 1. The van der Waals surface area contributed by atoms with Gasteiger partial charge in [-0.2, -0.15) is 0 Å². The van der Waals surface area contributed by atoms with Gasteiger partial charge in [-0.3, -0.25) is 0 Å². The summed E-state index contributed by atoms with van der Waals surface area (Å²) >= 11 is 0.